The van der Waals surface area contributed by atoms with Crippen LogP contribution in [0.2, 0.25) is 0 Å². The van der Waals surface area contributed by atoms with Gasteiger partial charge in [-0.1, -0.05) is 48.0 Å². The molecule has 3 nitrogen and oxygen atoms in total. The molecular weight excluding hydrogens is 268 g/mol. The zero-order chi connectivity index (χ0) is 14.4. The molecule has 0 spiro atoms. The van der Waals surface area contributed by atoms with Crippen LogP contribution in [-0.4, -0.2) is 16.8 Å². The zero-order valence-corrected chi connectivity index (χ0v) is 12.2. The van der Waals surface area contributed by atoms with Gasteiger partial charge in [-0.05, 0) is 36.8 Å². The Kier molecular flexibility index (Phi) is 5.09. The van der Waals surface area contributed by atoms with Gasteiger partial charge < -0.3 is 15.7 Å². The van der Waals surface area contributed by atoms with E-state index in [9.17, 15) is 5.11 Å². The van der Waals surface area contributed by atoms with Crippen LogP contribution in [0.1, 0.15) is 17.2 Å². The Hall–Kier alpha value is -1.91. The molecule has 104 valence electrons. The number of thiocarbonyl (C=S) groups is 1. The first-order valence-corrected chi connectivity index (χ1v) is 6.90. The van der Waals surface area contributed by atoms with E-state index in [1.54, 1.807) is 0 Å². The van der Waals surface area contributed by atoms with E-state index in [4.69, 9.17) is 12.2 Å². The molecule has 4 heteroatoms. The van der Waals surface area contributed by atoms with Gasteiger partial charge in [-0.3, -0.25) is 0 Å². The van der Waals surface area contributed by atoms with Crippen LogP contribution in [0, 0.1) is 6.92 Å². The van der Waals surface area contributed by atoms with Crippen LogP contribution in [0.5, 0.6) is 0 Å². The Morgan fingerprint density at radius 3 is 2.40 bits per heavy atom. The molecule has 0 aromatic heterocycles. The minimum atomic E-state index is -0.575. The molecule has 1 atom stereocenters. The molecule has 0 aliphatic heterocycles. The minimum absolute atomic E-state index is 0.377. The topological polar surface area (TPSA) is 44.3 Å². The second kappa shape index (κ2) is 7.03. The summed E-state index contributed by atoms with van der Waals surface area (Å²) < 4.78 is 0. The Morgan fingerprint density at radius 1 is 1.10 bits per heavy atom. The highest BCUT2D eigenvalue weighted by Gasteiger charge is 2.07. The van der Waals surface area contributed by atoms with E-state index in [1.807, 2.05) is 61.5 Å². The van der Waals surface area contributed by atoms with Crippen molar-refractivity contribution in [2.45, 2.75) is 13.0 Å². The summed E-state index contributed by atoms with van der Waals surface area (Å²) in [4.78, 5) is 0. The lowest BCUT2D eigenvalue weighted by atomic mass is 10.1. The Labute approximate surface area is 124 Å². The summed E-state index contributed by atoms with van der Waals surface area (Å²) in [7, 11) is 0. The first-order chi connectivity index (χ1) is 9.65. The monoisotopic (exact) mass is 286 g/mol. The molecule has 2 aromatic carbocycles. The molecular formula is C16H18N2OS. The van der Waals surface area contributed by atoms with Crippen molar-refractivity contribution in [1.82, 2.24) is 5.32 Å². The normalized spacial score (nSPS) is 11.7. The first kappa shape index (κ1) is 14.5. The second-order valence-corrected chi connectivity index (χ2v) is 5.04. The third-order valence-corrected chi connectivity index (χ3v) is 3.20. The summed E-state index contributed by atoms with van der Waals surface area (Å²) in [6, 6.07) is 17.5. The fourth-order valence-electron chi connectivity index (χ4n) is 1.79. The molecule has 0 aliphatic carbocycles. The number of hydrogen-bond donors (Lipinski definition) is 3. The number of benzene rings is 2. The molecule has 0 aliphatic rings. The van der Waals surface area contributed by atoms with Gasteiger partial charge in [-0.15, -0.1) is 0 Å². The van der Waals surface area contributed by atoms with Crippen molar-refractivity contribution < 1.29 is 5.11 Å². The molecule has 0 heterocycles. The van der Waals surface area contributed by atoms with Crippen molar-refractivity contribution in [1.29, 1.82) is 0 Å². The predicted octanol–water partition coefficient (Wildman–Crippen LogP) is 3.02. The molecule has 0 bridgehead atoms. The van der Waals surface area contributed by atoms with Crippen LogP contribution in [-0.2, 0) is 0 Å². The van der Waals surface area contributed by atoms with Crippen molar-refractivity contribution in [2.75, 3.05) is 11.9 Å². The van der Waals surface area contributed by atoms with Gasteiger partial charge in [0.2, 0.25) is 0 Å². The lowest BCUT2D eigenvalue weighted by Gasteiger charge is -2.15. The molecule has 0 saturated carbocycles. The molecule has 0 saturated heterocycles. The van der Waals surface area contributed by atoms with Gasteiger partial charge in [-0.2, -0.15) is 0 Å². The largest absolute Gasteiger partial charge is 0.387 e. The number of aryl methyl sites for hydroxylation is 1. The quantitative estimate of drug-likeness (QED) is 0.756. The third kappa shape index (κ3) is 4.33. The SMILES string of the molecule is Cc1ccc(NC(=S)NC[C@@H](O)c2ccccc2)cc1. The highest BCUT2D eigenvalue weighted by Crippen LogP contribution is 2.11. The van der Waals surface area contributed by atoms with Gasteiger partial charge in [0.05, 0.1) is 6.10 Å². The maximum absolute atomic E-state index is 10.0. The summed E-state index contributed by atoms with van der Waals surface area (Å²) in [5, 5.41) is 16.6. The lowest BCUT2D eigenvalue weighted by molar-refractivity contribution is 0.181. The minimum Gasteiger partial charge on any atom is -0.387 e. The number of hydrogen-bond acceptors (Lipinski definition) is 2. The van der Waals surface area contributed by atoms with Crippen LogP contribution in [0.15, 0.2) is 54.6 Å². The van der Waals surface area contributed by atoms with Crippen LogP contribution in [0.4, 0.5) is 5.69 Å². The van der Waals surface area contributed by atoms with Gasteiger partial charge in [0.25, 0.3) is 0 Å². The Bertz CT molecular complexity index is 554. The molecule has 2 rings (SSSR count). The van der Waals surface area contributed by atoms with Crippen molar-refractivity contribution >= 4 is 23.0 Å². The van der Waals surface area contributed by atoms with E-state index in [1.165, 1.54) is 5.56 Å². The van der Waals surface area contributed by atoms with Gasteiger partial charge in [-0.25, -0.2) is 0 Å². The molecule has 20 heavy (non-hydrogen) atoms. The molecule has 0 fully saturated rings. The Balaban J connectivity index is 1.82. The average Bonchev–Trinajstić information content (AvgIpc) is 2.48. The van der Waals surface area contributed by atoms with Gasteiger partial charge in [0.1, 0.15) is 0 Å². The van der Waals surface area contributed by atoms with Crippen LogP contribution < -0.4 is 10.6 Å². The number of aliphatic hydroxyl groups excluding tert-OH is 1. The summed E-state index contributed by atoms with van der Waals surface area (Å²) in [5.41, 5.74) is 3.01. The smallest absolute Gasteiger partial charge is 0.170 e. The van der Waals surface area contributed by atoms with E-state index in [-0.39, 0.29) is 0 Å². The molecule has 0 unspecified atom stereocenters. The van der Waals surface area contributed by atoms with Crippen LogP contribution >= 0.6 is 12.2 Å². The summed E-state index contributed by atoms with van der Waals surface area (Å²) >= 11 is 5.20. The Morgan fingerprint density at radius 2 is 1.75 bits per heavy atom. The van der Waals surface area contributed by atoms with E-state index in [0.717, 1.165) is 11.3 Å². The summed E-state index contributed by atoms with van der Waals surface area (Å²) in [6.07, 6.45) is -0.575. The average molecular weight is 286 g/mol. The fourth-order valence-corrected chi connectivity index (χ4v) is 2.00. The first-order valence-electron chi connectivity index (χ1n) is 6.49. The standard InChI is InChI=1S/C16H18N2OS/c1-12-7-9-14(10-8-12)18-16(20)17-11-15(19)13-5-3-2-4-6-13/h2-10,15,19H,11H2,1H3,(H2,17,18,20)/t15-/m1/s1. The van der Waals surface area contributed by atoms with Crippen molar-refractivity contribution in [2.24, 2.45) is 0 Å². The van der Waals surface area contributed by atoms with Gasteiger partial charge in [0.15, 0.2) is 5.11 Å². The van der Waals surface area contributed by atoms with Crippen molar-refractivity contribution in [3.05, 3.63) is 65.7 Å². The van der Waals surface area contributed by atoms with E-state index >= 15 is 0 Å². The number of rotatable bonds is 4. The van der Waals surface area contributed by atoms with Gasteiger partial charge >= 0.3 is 0 Å². The van der Waals surface area contributed by atoms with Crippen molar-refractivity contribution in [3.8, 4) is 0 Å². The predicted molar refractivity (Wildman–Crippen MR) is 86.8 cm³/mol. The van der Waals surface area contributed by atoms with Gasteiger partial charge in [0, 0.05) is 12.2 Å². The number of anilines is 1. The maximum Gasteiger partial charge on any atom is 0.170 e. The van der Waals surface area contributed by atoms with E-state index < -0.39 is 6.10 Å². The second-order valence-electron chi connectivity index (χ2n) is 4.63. The summed E-state index contributed by atoms with van der Waals surface area (Å²) in [5.74, 6) is 0. The molecule has 2 aromatic rings. The van der Waals surface area contributed by atoms with Crippen LogP contribution in [0.25, 0.3) is 0 Å². The van der Waals surface area contributed by atoms with Crippen LogP contribution in [0.3, 0.4) is 0 Å². The fraction of sp³-hybridized carbons (Fsp3) is 0.188. The highest BCUT2D eigenvalue weighted by molar-refractivity contribution is 7.80. The highest BCUT2D eigenvalue weighted by atomic mass is 32.1. The van der Waals surface area contributed by atoms with E-state index in [2.05, 4.69) is 10.6 Å². The molecule has 0 amide bonds. The number of aliphatic hydroxyl groups is 1. The van der Waals surface area contributed by atoms with Crippen molar-refractivity contribution in [3.63, 3.8) is 0 Å². The van der Waals surface area contributed by atoms with E-state index in [0.29, 0.717) is 11.7 Å². The third-order valence-electron chi connectivity index (χ3n) is 2.95. The maximum atomic E-state index is 10.0. The summed E-state index contributed by atoms with van der Waals surface area (Å²) in [6.45, 7) is 2.41. The lowest BCUT2D eigenvalue weighted by Crippen LogP contribution is -2.32. The number of nitrogens with one attached hydrogen (secondary N) is 2. The molecule has 3 N–H and O–H groups in total. The molecule has 0 radical (unpaired) electrons. The zero-order valence-electron chi connectivity index (χ0n) is 11.3.